The summed E-state index contributed by atoms with van der Waals surface area (Å²) in [5.41, 5.74) is 0.133. The van der Waals surface area contributed by atoms with Crippen LogP contribution < -0.4 is 0 Å². The van der Waals surface area contributed by atoms with Gasteiger partial charge < -0.3 is 14.5 Å². The van der Waals surface area contributed by atoms with Crippen LogP contribution in [0.25, 0.3) is 11.4 Å². The first-order valence-electron chi connectivity index (χ1n) is 9.57. The average molecular weight is 373 g/mol. The summed E-state index contributed by atoms with van der Waals surface area (Å²) in [5, 5.41) is 13.7. The number of hydrogen-bond acceptors (Lipinski definition) is 5. The Morgan fingerprint density at radius 2 is 2.22 bits per heavy atom. The van der Waals surface area contributed by atoms with E-state index in [1.54, 1.807) is 18.2 Å². The summed E-state index contributed by atoms with van der Waals surface area (Å²) in [6, 6.07) is 6.61. The highest BCUT2D eigenvalue weighted by atomic mass is 19.1. The Morgan fingerprint density at radius 1 is 1.41 bits per heavy atom. The van der Waals surface area contributed by atoms with Crippen LogP contribution in [0.15, 0.2) is 28.8 Å². The number of carbonyl (C=O) groups is 1. The summed E-state index contributed by atoms with van der Waals surface area (Å²) >= 11 is 0. The fourth-order valence-corrected chi connectivity index (χ4v) is 4.78. The Kier molecular flexibility index (Phi) is 4.72. The number of aliphatic hydroxyl groups excluding tert-OH is 1. The second kappa shape index (κ2) is 7.03. The SMILES string of the molecule is CC[C@@]1(CO)C[C@@H]2CC[C@H]1N2C(=O)CCc1nc(-c2ccccc2F)no1. The van der Waals surface area contributed by atoms with Crippen molar-refractivity contribution in [1.82, 2.24) is 15.0 Å². The van der Waals surface area contributed by atoms with Crippen LogP contribution in [0.1, 0.15) is 44.9 Å². The molecule has 2 aliphatic rings. The van der Waals surface area contributed by atoms with E-state index in [0.29, 0.717) is 12.3 Å². The van der Waals surface area contributed by atoms with Gasteiger partial charge in [-0.25, -0.2) is 4.39 Å². The van der Waals surface area contributed by atoms with Crippen LogP contribution in [-0.2, 0) is 11.2 Å². The number of rotatable bonds is 6. The third kappa shape index (κ3) is 3.04. The molecule has 1 amide bonds. The lowest BCUT2D eigenvalue weighted by Crippen LogP contribution is -2.42. The molecule has 0 spiro atoms. The van der Waals surface area contributed by atoms with Gasteiger partial charge in [0.05, 0.1) is 12.2 Å². The van der Waals surface area contributed by atoms with Gasteiger partial charge in [0.25, 0.3) is 0 Å². The van der Waals surface area contributed by atoms with Gasteiger partial charge in [-0.15, -0.1) is 0 Å². The fraction of sp³-hybridized carbons (Fsp3) is 0.550. The Bertz CT molecular complexity index is 833. The number of aliphatic hydroxyl groups is 1. The summed E-state index contributed by atoms with van der Waals surface area (Å²) in [7, 11) is 0. The van der Waals surface area contributed by atoms with Crippen molar-refractivity contribution in [2.24, 2.45) is 5.41 Å². The number of halogens is 1. The van der Waals surface area contributed by atoms with Crippen molar-refractivity contribution in [2.45, 2.75) is 57.5 Å². The van der Waals surface area contributed by atoms with Gasteiger partial charge >= 0.3 is 0 Å². The van der Waals surface area contributed by atoms with Crippen LogP contribution in [0.5, 0.6) is 0 Å². The summed E-state index contributed by atoms with van der Waals surface area (Å²) in [6.45, 7) is 2.21. The molecule has 0 saturated carbocycles. The summed E-state index contributed by atoms with van der Waals surface area (Å²) in [6.07, 6.45) is 4.34. The molecule has 2 aromatic rings. The minimum absolute atomic E-state index is 0.0666. The maximum atomic E-state index is 13.8. The zero-order chi connectivity index (χ0) is 19.0. The predicted molar refractivity (Wildman–Crippen MR) is 96.1 cm³/mol. The molecular weight excluding hydrogens is 349 g/mol. The van der Waals surface area contributed by atoms with E-state index in [9.17, 15) is 14.3 Å². The van der Waals surface area contributed by atoms with E-state index in [0.717, 1.165) is 25.7 Å². The fourth-order valence-electron chi connectivity index (χ4n) is 4.78. The van der Waals surface area contributed by atoms with Crippen molar-refractivity contribution in [3.8, 4) is 11.4 Å². The first kappa shape index (κ1) is 18.1. The second-order valence-electron chi connectivity index (χ2n) is 7.62. The van der Waals surface area contributed by atoms with E-state index in [1.807, 2.05) is 4.90 Å². The predicted octanol–water partition coefficient (Wildman–Crippen LogP) is 2.96. The molecule has 2 aliphatic heterocycles. The van der Waals surface area contributed by atoms with Gasteiger partial charge in [-0.2, -0.15) is 4.98 Å². The van der Waals surface area contributed by atoms with Gasteiger partial charge in [0, 0.05) is 30.3 Å². The first-order chi connectivity index (χ1) is 13.1. The van der Waals surface area contributed by atoms with Gasteiger partial charge in [0.15, 0.2) is 0 Å². The summed E-state index contributed by atoms with van der Waals surface area (Å²) < 4.78 is 19.0. The van der Waals surface area contributed by atoms with Crippen LogP contribution in [-0.4, -0.2) is 44.7 Å². The zero-order valence-electron chi connectivity index (χ0n) is 15.4. The maximum absolute atomic E-state index is 13.8. The Balaban J connectivity index is 1.42. The van der Waals surface area contributed by atoms with Crippen molar-refractivity contribution >= 4 is 5.91 Å². The zero-order valence-corrected chi connectivity index (χ0v) is 15.4. The van der Waals surface area contributed by atoms with E-state index in [1.165, 1.54) is 6.07 Å². The van der Waals surface area contributed by atoms with Crippen molar-refractivity contribution in [2.75, 3.05) is 6.61 Å². The Morgan fingerprint density at radius 3 is 2.93 bits per heavy atom. The van der Waals surface area contributed by atoms with Crippen molar-refractivity contribution in [1.29, 1.82) is 0 Å². The van der Waals surface area contributed by atoms with Crippen LogP contribution in [0, 0.1) is 11.2 Å². The Labute approximate surface area is 157 Å². The molecule has 0 aliphatic carbocycles. The van der Waals surface area contributed by atoms with E-state index in [-0.39, 0.29) is 47.8 Å². The molecule has 6 nitrogen and oxygen atoms in total. The number of amides is 1. The minimum Gasteiger partial charge on any atom is -0.396 e. The van der Waals surface area contributed by atoms with E-state index >= 15 is 0 Å². The largest absolute Gasteiger partial charge is 0.396 e. The molecule has 0 unspecified atom stereocenters. The molecule has 7 heteroatoms. The third-order valence-corrected chi connectivity index (χ3v) is 6.29. The molecule has 3 atom stereocenters. The van der Waals surface area contributed by atoms with Crippen molar-refractivity contribution < 1.29 is 18.8 Å². The summed E-state index contributed by atoms with van der Waals surface area (Å²) in [4.78, 5) is 19.0. The topological polar surface area (TPSA) is 79.5 Å². The first-order valence-corrected chi connectivity index (χ1v) is 9.57. The molecule has 27 heavy (non-hydrogen) atoms. The number of nitrogens with zero attached hydrogens (tertiary/aromatic N) is 3. The highest BCUT2D eigenvalue weighted by Crippen LogP contribution is 2.51. The Hall–Kier alpha value is -2.28. The number of benzene rings is 1. The highest BCUT2D eigenvalue weighted by Gasteiger charge is 2.55. The van der Waals surface area contributed by atoms with Crippen LogP contribution in [0.2, 0.25) is 0 Å². The van der Waals surface area contributed by atoms with Gasteiger partial charge in [-0.05, 0) is 37.8 Å². The van der Waals surface area contributed by atoms with Gasteiger partial charge in [-0.1, -0.05) is 24.2 Å². The molecule has 1 N–H and O–H groups in total. The lowest BCUT2D eigenvalue weighted by Gasteiger charge is -2.34. The molecule has 2 saturated heterocycles. The van der Waals surface area contributed by atoms with Crippen LogP contribution >= 0.6 is 0 Å². The number of carbonyl (C=O) groups excluding carboxylic acids is 1. The lowest BCUT2D eigenvalue weighted by molar-refractivity contribution is -0.133. The smallest absolute Gasteiger partial charge is 0.227 e. The molecule has 144 valence electrons. The molecule has 0 radical (unpaired) electrons. The molecule has 1 aromatic heterocycles. The molecule has 1 aromatic carbocycles. The molecule has 2 fully saturated rings. The standard InChI is InChI=1S/C20H24FN3O3/c1-2-20(12-25)11-13-7-8-16(20)24(13)18(26)10-9-17-22-19(23-27-17)14-5-3-4-6-15(14)21/h3-6,13,16,25H,2,7-12H2,1H3/t13-,16+,20-/m0/s1. The maximum Gasteiger partial charge on any atom is 0.227 e. The van der Waals surface area contributed by atoms with Gasteiger partial charge in [0.2, 0.25) is 17.6 Å². The minimum atomic E-state index is -0.408. The monoisotopic (exact) mass is 373 g/mol. The lowest BCUT2D eigenvalue weighted by atomic mass is 9.72. The number of aromatic nitrogens is 2. The second-order valence-corrected chi connectivity index (χ2v) is 7.62. The average Bonchev–Trinajstić information content (AvgIpc) is 3.40. The molecular formula is C20H24FN3O3. The van der Waals surface area contributed by atoms with Crippen molar-refractivity contribution in [3.05, 3.63) is 36.0 Å². The van der Waals surface area contributed by atoms with Crippen molar-refractivity contribution in [3.63, 3.8) is 0 Å². The molecule has 2 bridgehead atoms. The van der Waals surface area contributed by atoms with E-state index in [2.05, 4.69) is 17.1 Å². The number of hydrogen-bond donors (Lipinski definition) is 1. The normalized spacial score (nSPS) is 26.7. The van der Waals surface area contributed by atoms with Crippen LogP contribution in [0.3, 0.4) is 0 Å². The molecule has 3 heterocycles. The molecule has 4 rings (SSSR count). The number of fused-ring (bicyclic) bond motifs is 2. The highest BCUT2D eigenvalue weighted by molar-refractivity contribution is 5.78. The third-order valence-electron chi connectivity index (χ3n) is 6.29. The summed E-state index contributed by atoms with van der Waals surface area (Å²) in [5.74, 6) is 0.186. The van der Waals surface area contributed by atoms with Gasteiger partial charge in [-0.3, -0.25) is 4.79 Å². The van der Waals surface area contributed by atoms with Crippen LogP contribution in [0.4, 0.5) is 4.39 Å². The van der Waals surface area contributed by atoms with E-state index < -0.39 is 5.82 Å². The van der Waals surface area contributed by atoms with E-state index in [4.69, 9.17) is 4.52 Å². The van der Waals surface area contributed by atoms with Gasteiger partial charge in [0.1, 0.15) is 5.82 Å². The number of aryl methyl sites for hydroxylation is 1. The quantitative estimate of drug-likeness (QED) is 0.842.